The maximum atomic E-state index is 12.2. The molecule has 0 unspecified atom stereocenters. The van der Waals surface area contributed by atoms with Crippen molar-refractivity contribution in [3.8, 4) is 5.69 Å². The van der Waals surface area contributed by atoms with Crippen LogP contribution in [0.1, 0.15) is 32.8 Å². The average molecular weight is 343 g/mol. The first kappa shape index (κ1) is 17.4. The number of benzene rings is 1. The number of nitrogens with zero attached hydrogens (tertiary/aromatic N) is 3. The highest BCUT2D eigenvalue weighted by molar-refractivity contribution is 5.74. The minimum Gasteiger partial charge on any atom is -0.378 e. The molecule has 1 heterocycles. The number of ether oxygens (including phenoxy) is 1. The summed E-state index contributed by atoms with van der Waals surface area (Å²) in [6.45, 7) is 6.76. The molecule has 2 atom stereocenters. The Kier molecular flexibility index (Phi) is 4.51. The van der Waals surface area contributed by atoms with Gasteiger partial charge in [-0.25, -0.2) is 14.5 Å². The van der Waals surface area contributed by atoms with E-state index >= 15 is 0 Å². The monoisotopic (exact) mass is 343 g/mol. The Hall–Kier alpha value is -2.41. The van der Waals surface area contributed by atoms with Crippen molar-refractivity contribution in [1.82, 2.24) is 25.4 Å². The van der Waals surface area contributed by atoms with Crippen LogP contribution in [-0.2, 0) is 11.3 Å². The normalized spacial score (nSPS) is 24.4. The summed E-state index contributed by atoms with van der Waals surface area (Å²) in [5.74, 6) is 0. The molecule has 2 amide bonds. The lowest BCUT2D eigenvalue weighted by molar-refractivity contribution is -0.177. The highest BCUT2D eigenvalue weighted by Gasteiger charge is 2.58. The fourth-order valence-corrected chi connectivity index (χ4v) is 3.27. The first-order valence-corrected chi connectivity index (χ1v) is 8.39. The van der Waals surface area contributed by atoms with E-state index in [-0.39, 0.29) is 23.1 Å². The molecule has 0 spiro atoms. The van der Waals surface area contributed by atoms with Crippen molar-refractivity contribution in [2.24, 2.45) is 5.41 Å². The Balaban J connectivity index is 1.54. The Morgan fingerprint density at radius 3 is 2.84 bits per heavy atom. The molecule has 3 rings (SSSR count). The van der Waals surface area contributed by atoms with E-state index in [1.807, 2.05) is 24.3 Å². The van der Waals surface area contributed by atoms with Crippen LogP contribution in [0.3, 0.4) is 0 Å². The largest absolute Gasteiger partial charge is 0.378 e. The summed E-state index contributed by atoms with van der Waals surface area (Å²) in [6, 6.07) is 7.76. The zero-order valence-electron chi connectivity index (χ0n) is 15.1. The third-order valence-electron chi connectivity index (χ3n) is 5.63. The summed E-state index contributed by atoms with van der Waals surface area (Å²) in [5, 5.41) is 10.1. The molecule has 1 aliphatic rings. The van der Waals surface area contributed by atoms with E-state index in [2.05, 4.69) is 41.5 Å². The molecule has 2 N–H and O–H groups in total. The second-order valence-electron chi connectivity index (χ2n) is 7.25. The van der Waals surface area contributed by atoms with Crippen molar-refractivity contribution in [3.05, 3.63) is 42.5 Å². The molecule has 1 aromatic heterocycles. The van der Waals surface area contributed by atoms with Gasteiger partial charge in [0.05, 0.1) is 11.3 Å². The van der Waals surface area contributed by atoms with Crippen LogP contribution in [0, 0.1) is 5.41 Å². The van der Waals surface area contributed by atoms with E-state index in [0.717, 1.165) is 17.7 Å². The number of urea groups is 1. The third-order valence-corrected chi connectivity index (χ3v) is 5.63. The minimum atomic E-state index is -0.197. The van der Waals surface area contributed by atoms with Crippen molar-refractivity contribution in [1.29, 1.82) is 0 Å². The molecular formula is C18H25N5O2. The molecule has 0 bridgehead atoms. The van der Waals surface area contributed by atoms with E-state index in [0.29, 0.717) is 6.54 Å². The molecule has 25 heavy (non-hydrogen) atoms. The molecule has 1 fully saturated rings. The number of methoxy groups -OCH3 is 1. The maximum absolute atomic E-state index is 12.2. The van der Waals surface area contributed by atoms with Gasteiger partial charge in [-0.3, -0.25) is 0 Å². The third kappa shape index (κ3) is 3.24. The zero-order chi connectivity index (χ0) is 18.1. The number of carbonyl (C=O) groups is 1. The van der Waals surface area contributed by atoms with Crippen molar-refractivity contribution >= 4 is 6.03 Å². The van der Waals surface area contributed by atoms with Gasteiger partial charge >= 0.3 is 6.03 Å². The van der Waals surface area contributed by atoms with Crippen molar-refractivity contribution < 1.29 is 9.53 Å². The van der Waals surface area contributed by atoms with E-state index in [4.69, 9.17) is 4.74 Å². The second kappa shape index (κ2) is 6.48. The number of carbonyl (C=O) groups excluding carboxylic acids is 1. The molecule has 1 aromatic carbocycles. The number of amides is 2. The molecule has 7 nitrogen and oxygen atoms in total. The van der Waals surface area contributed by atoms with Gasteiger partial charge in [-0.2, -0.15) is 5.10 Å². The number of aromatic nitrogens is 3. The lowest BCUT2D eigenvalue weighted by Gasteiger charge is -2.59. The quantitative estimate of drug-likeness (QED) is 0.873. The number of hydrogen-bond acceptors (Lipinski definition) is 4. The fraction of sp³-hybridized carbons (Fsp3) is 0.500. The molecule has 134 valence electrons. The highest BCUT2D eigenvalue weighted by atomic mass is 16.5. The molecule has 1 saturated carbocycles. The number of nitrogens with one attached hydrogen (secondary N) is 2. The average Bonchev–Trinajstić information content (AvgIpc) is 3.14. The fourth-order valence-electron chi connectivity index (χ4n) is 3.27. The summed E-state index contributed by atoms with van der Waals surface area (Å²) >= 11 is 0. The maximum Gasteiger partial charge on any atom is 0.315 e. The second-order valence-corrected chi connectivity index (χ2v) is 7.25. The Morgan fingerprint density at radius 1 is 1.40 bits per heavy atom. The van der Waals surface area contributed by atoms with Crippen molar-refractivity contribution in [2.75, 3.05) is 7.11 Å². The summed E-state index contributed by atoms with van der Waals surface area (Å²) < 4.78 is 7.28. The van der Waals surface area contributed by atoms with Gasteiger partial charge in [0, 0.05) is 25.1 Å². The van der Waals surface area contributed by atoms with Crippen molar-refractivity contribution in [3.63, 3.8) is 0 Å². The smallest absolute Gasteiger partial charge is 0.315 e. The molecule has 1 aliphatic carbocycles. The summed E-state index contributed by atoms with van der Waals surface area (Å²) in [5.41, 5.74) is 1.61. The van der Waals surface area contributed by atoms with Gasteiger partial charge in [0.25, 0.3) is 0 Å². The van der Waals surface area contributed by atoms with E-state index in [1.165, 1.54) is 6.33 Å². The molecular weight excluding hydrogens is 318 g/mol. The Labute approximate surface area is 147 Å². The predicted molar refractivity (Wildman–Crippen MR) is 94.3 cm³/mol. The summed E-state index contributed by atoms with van der Waals surface area (Å²) in [6.07, 6.45) is 3.95. The van der Waals surface area contributed by atoms with Crippen LogP contribution in [0.2, 0.25) is 0 Å². The number of hydrogen-bond donors (Lipinski definition) is 2. The Bertz CT molecular complexity index is 744. The summed E-state index contributed by atoms with van der Waals surface area (Å²) in [4.78, 5) is 16.2. The molecule has 0 aliphatic heterocycles. The van der Waals surface area contributed by atoms with Gasteiger partial charge in [-0.1, -0.05) is 26.0 Å². The van der Waals surface area contributed by atoms with Crippen LogP contribution >= 0.6 is 0 Å². The Morgan fingerprint density at radius 2 is 2.20 bits per heavy atom. The van der Waals surface area contributed by atoms with Gasteiger partial charge in [0.1, 0.15) is 12.7 Å². The molecule has 0 radical (unpaired) electrons. The van der Waals surface area contributed by atoms with Crippen LogP contribution in [0.5, 0.6) is 0 Å². The van der Waals surface area contributed by atoms with Crippen LogP contribution < -0.4 is 10.6 Å². The molecule has 0 saturated heterocycles. The van der Waals surface area contributed by atoms with Crippen LogP contribution in [0.15, 0.2) is 36.9 Å². The first-order chi connectivity index (χ1) is 11.9. The predicted octanol–water partition coefficient (Wildman–Crippen LogP) is 2.27. The summed E-state index contributed by atoms with van der Waals surface area (Å²) in [7, 11) is 1.72. The van der Waals surface area contributed by atoms with E-state index < -0.39 is 0 Å². The topological polar surface area (TPSA) is 81.1 Å². The highest BCUT2D eigenvalue weighted by Crippen LogP contribution is 2.51. The van der Waals surface area contributed by atoms with Crippen LogP contribution in [0.25, 0.3) is 5.69 Å². The van der Waals surface area contributed by atoms with Gasteiger partial charge in [-0.05, 0) is 31.0 Å². The van der Waals surface area contributed by atoms with Crippen LogP contribution in [0.4, 0.5) is 4.79 Å². The molecule has 2 aromatic rings. The van der Waals surface area contributed by atoms with Gasteiger partial charge < -0.3 is 15.4 Å². The van der Waals surface area contributed by atoms with E-state index in [9.17, 15) is 4.79 Å². The number of rotatable bonds is 5. The van der Waals surface area contributed by atoms with Crippen molar-refractivity contribution in [2.45, 2.75) is 45.4 Å². The molecule has 7 heteroatoms. The van der Waals surface area contributed by atoms with E-state index in [1.54, 1.807) is 18.1 Å². The zero-order valence-corrected chi connectivity index (χ0v) is 15.1. The standard InChI is InChI=1S/C18H25N5O2/c1-17(2)15(9-18(17,3)25-4)22-16(24)20-10-13-6-5-7-14(8-13)23-12-19-11-21-23/h5-8,11-12,15H,9-10H2,1-4H3,(H2,20,22,24)/t15-,18-/m0/s1. The van der Waals surface area contributed by atoms with Crippen LogP contribution in [-0.4, -0.2) is 39.5 Å². The van der Waals surface area contributed by atoms with Gasteiger partial charge in [-0.15, -0.1) is 0 Å². The minimum absolute atomic E-state index is 0.0962. The lowest BCUT2D eigenvalue weighted by Crippen LogP contribution is -2.69. The SMILES string of the molecule is CO[C@@]1(C)C[C@H](NC(=O)NCc2cccc(-n3cncn3)c2)C1(C)C. The lowest BCUT2D eigenvalue weighted by atomic mass is 9.56. The van der Waals surface area contributed by atoms with Gasteiger partial charge in [0.15, 0.2) is 0 Å². The van der Waals surface area contributed by atoms with Gasteiger partial charge in [0.2, 0.25) is 0 Å². The first-order valence-electron chi connectivity index (χ1n) is 8.39.